The van der Waals surface area contributed by atoms with E-state index in [-0.39, 0.29) is 0 Å². The Labute approximate surface area is 125 Å². The Hall–Kier alpha value is -1.75. The van der Waals surface area contributed by atoms with Crippen LogP contribution >= 0.6 is 0 Å². The van der Waals surface area contributed by atoms with E-state index in [2.05, 4.69) is 9.80 Å². The van der Waals surface area contributed by atoms with E-state index >= 15 is 0 Å². The highest BCUT2D eigenvalue weighted by Crippen LogP contribution is 2.27. The highest BCUT2D eigenvalue weighted by molar-refractivity contribution is 5.78. The zero-order valence-corrected chi connectivity index (χ0v) is 12.4. The normalized spacial score (nSPS) is 20.3. The third kappa shape index (κ3) is 3.29. The Morgan fingerprint density at radius 2 is 1.76 bits per heavy atom. The molecule has 0 unspecified atom stereocenters. The molecule has 0 bridgehead atoms. The van der Waals surface area contributed by atoms with Crippen molar-refractivity contribution in [3.05, 3.63) is 24.3 Å². The predicted octanol–water partition coefficient (Wildman–Crippen LogP) is 1.14. The van der Waals surface area contributed by atoms with Crippen LogP contribution in [0.15, 0.2) is 24.3 Å². The molecule has 1 amide bonds. The molecule has 5 nitrogen and oxygen atoms in total. The third-order valence-electron chi connectivity index (χ3n) is 4.45. The summed E-state index contributed by atoms with van der Waals surface area (Å²) in [6, 6.07) is 7.51. The maximum absolute atomic E-state index is 11.6. The van der Waals surface area contributed by atoms with Gasteiger partial charge in [0.2, 0.25) is 5.91 Å². The van der Waals surface area contributed by atoms with Crippen LogP contribution < -0.4 is 4.90 Å². The number of amides is 1. The van der Waals surface area contributed by atoms with Crippen LogP contribution in [-0.4, -0.2) is 66.6 Å². The number of aromatic hydroxyl groups is 1. The Morgan fingerprint density at radius 3 is 2.43 bits per heavy atom. The molecule has 0 radical (unpaired) electrons. The van der Waals surface area contributed by atoms with E-state index in [0.29, 0.717) is 11.7 Å². The van der Waals surface area contributed by atoms with Gasteiger partial charge in [0.1, 0.15) is 5.75 Å². The van der Waals surface area contributed by atoms with Crippen molar-refractivity contribution in [1.82, 2.24) is 9.80 Å². The summed E-state index contributed by atoms with van der Waals surface area (Å²) < 4.78 is 0. The van der Waals surface area contributed by atoms with Crippen LogP contribution in [-0.2, 0) is 4.79 Å². The first-order valence-corrected chi connectivity index (χ1v) is 7.77. The summed E-state index contributed by atoms with van der Waals surface area (Å²) in [6.07, 6.45) is 1.74. The quantitative estimate of drug-likeness (QED) is 0.903. The molecule has 3 rings (SSSR count). The fourth-order valence-electron chi connectivity index (χ4n) is 3.15. The van der Waals surface area contributed by atoms with Gasteiger partial charge in [0.25, 0.3) is 0 Å². The zero-order valence-electron chi connectivity index (χ0n) is 12.4. The molecule has 2 fully saturated rings. The first-order valence-electron chi connectivity index (χ1n) is 7.77. The zero-order chi connectivity index (χ0) is 14.7. The van der Waals surface area contributed by atoms with E-state index < -0.39 is 0 Å². The molecule has 5 heteroatoms. The summed E-state index contributed by atoms with van der Waals surface area (Å²) >= 11 is 0. The molecule has 0 spiro atoms. The first kappa shape index (κ1) is 14.2. The number of phenolic OH excluding ortho intramolecular Hbond substituents is 1. The van der Waals surface area contributed by atoms with Crippen LogP contribution in [0.1, 0.15) is 12.8 Å². The summed E-state index contributed by atoms with van der Waals surface area (Å²) in [6.45, 7) is 6.55. The number of nitrogens with zero attached hydrogens (tertiary/aromatic N) is 3. The van der Waals surface area contributed by atoms with E-state index in [1.54, 1.807) is 6.07 Å². The SMILES string of the molecule is O=C1CCCN1CCN1CCN(c2ccccc2O)CC1. The van der Waals surface area contributed by atoms with Crippen molar-refractivity contribution in [2.75, 3.05) is 50.7 Å². The van der Waals surface area contributed by atoms with Gasteiger partial charge >= 0.3 is 0 Å². The average Bonchev–Trinajstić information content (AvgIpc) is 2.92. The molecular weight excluding hydrogens is 266 g/mol. The molecule has 21 heavy (non-hydrogen) atoms. The van der Waals surface area contributed by atoms with Crippen LogP contribution in [0, 0.1) is 0 Å². The number of hydrogen-bond acceptors (Lipinski definition) is 4. The molecule has 2 aliphatic rings. The van der Waals surface area contributed by atoms with E-state index in [1.165, 1.54) is 0 Å². The molecule has 0 saturated carbocycles. The second-order valence-corrected chi connectivity index (χ2v) is 5.80. The van der Waals surface area contributed by atoms with E-state index in [4.69, 9.17) is 0 Å². The van der Waals surface area contributed by atoms with E-state index in [1.807, 2.05) is 23.1 Å². The molecule has 1 N–H and O–H groups in total. The molecule has 2 saturated heterocycles. The number of para-hydroxylation sites is 2. The monoisotopic (exact) mass is 289 g/mol. The Kier molecular flexibility index (Phi) is 4.29. The summed E-state index contributed by atoms with van der Waals surface area (Å²) in [5, 5.41) is 9.91. The molecule has 0 atom stereocenters. The van der Waals surface area contributed by atoms with Crippen LogP contribution in [0.25, 0.3) is 0 Å². The number of hydrogen-bond donors (Lipinski definition) is 1. The van der Waals surface area contributed by atoms with Gasteiger partial charge in [-0.2, -0.15) is 0 Å². The number of carbonyl (C=O) groups excluding carboxylic acids is 1. The van der Waals surface area contributed by atoms with E-state index in [0.717, 1.165) is 64.3 Å². The second kappa shape index (κ2) is 6.35. The topological polar surface area (TPSA) is 47.0 Å². The summed E-state index contributed by atoms with van der Waals surface area (Å²) in [7, 11) is 0. The minimum atomic E-state index is 0.308. The number of carbonyl (C=O) groups is 1. The van der Waals surface area contributed by atoms with Crippen molar-refractivity contribution in [2.45, 2.75) is 12.8 Å². The fourth-order valence-corrected chi connectivity index (χ4v) is 3.15. The maximum Gasteiger partial charge on any atom is 0.222 e. The highest BCUT2D eigenvalue weighted by Gasteiger charge is 2.22. The van der Waals surface area contributed by atoms with Crippen molar-refractivity contribution in [1.29, 1.82) is 0 Å². The van der Waals surface area contributed by atoms with Gasteiger partial charge in [-0.3, -0.25) is 9.69 Å². The number of phenols is 1. The Bertz CT molecular complexity index is 498. The molecule has 114 valence electrons. The number of benzene rings is 1. The third-order valence-corrected chi connectivity index (χ3v) is 4.45. The second-order valence-electron chi connectivity index (χ2n) is 5.80. The maximum atomic E-state index is 11.6. The molecule has 0 aliphatic carbocycles. The lowest BCUT2D eigenvalue weighted by Gasteiger charge is -2.36. The van der Waals surface area contributed by atoms with Crippen LogP contribution in [0.4, 0.5) is 5.69 Å². The van der Waals surface area contributed by atoms with Gasteiger partial charge in [-0.25, -0.2) is 0 Å². The van der Waals surface area contributed by atoms with Gasteiger partial charge in [0.05, 0.1) is 5.69 Å². The number of rotatable bonds is 4. The Balaban J connectivity index is 1.47. The Morgan fingerprint density at radius 1 is 1.00 bits per heavy atom. The van der Waals surface area contributed by atoms with Gasteiger partial charge in [-0.05, 0) is 18.6 Å². The molecule has 2 aliphatic heterocycles. The first-order chi connectivity index (χ1) is 10.2. The molecule has 1 aromatic carbocycles. The van der Waals surface area contributed by atoms with Gasteiger partial charge < -0.3 is 14.9 Å². The van der Waals surface area contributed by atoms with Crippen molar-refractivity contribution in [2.24, 2.45) is 0 Å². The lowest BCUT2D eigenvalue weighted by Crippen LogP contribution is -2.48. The van der Waals surface area contributed by atoms with E-state index in [9.17, 15) is 9.90 Å². The average molecular weight is 289 g/mol. The fraction of sp³-hybridized carbons (Fsp3) is 0.562. The lowest BCUT2D eigenvalue weighted by atomic mass is 10.2. The minimum absolute atomic E-state index is 0.308. The van der Waals surface area contributed by atoms with Crippen molar-refractivity contribution < 1.29 is 9.90 Å². The van der Waals surface area contributed by atoms with Crippen LogP contribution in [0.3, 0.4) is 0 Å². The smallest absolute Gasteiger partial charge is 0.222 e. The van der Waals surface area contributed by atoms with Gasteiger partial charge in [-0.15, -0.1) is 0 Å². The van der Waals surface area contributed by atoms with Gasteiger partial charge in [0, 0.05) is 52.2 Å². The van der Waals surface area contributed by atoms with Crippen molar-refractivity contribution in [3.8, 4) is 5.75 Å². The number of anilines is 1. The largest absolute Gasteiger partial charge is 0.506 e. The van der Waals surface area contributed by atoms with Gasteiger partial charge in [0.15, 0.2) is 0 Å². The molecule has 0 aromatic heterocycles. The summed E-state index contributed by atoms with van der Waals surface area (Å²) in [5.41, 5.74) is 0.923. The van der Waals surface area contributed by atoms with Gasteiger partial charge in [-0.1, -0.05) is 12.1 Å². The lowest BCUT2D eigenvalue weighted by molar-refractivity contribution is -0.127. The predicted molar refractivity (Wildman–Crippen MR) is 82.6 cm³/mol. The van der Waals surface area contributed by atoms with Crippen LogP contribution in [0.5, 0.6) is 5.75 Å². The molecule has 1 aromatic rings. The molecule has 2 heterocycles. The molecular formula is C16H23N3O2. The van der Waals surface area contributed by atoms with Crippen molar-refractivity contribution in [3.63, 3.8) is 0 Å². The van der Waals surface area contributed by atoms with Crippen LogP contribution in [0.2, 0.25) is 0 Å². The minimum Gasteiger partial charge on any atom is -0.506 e. The summed E-state index contributed by atoms with van der Waals surface area (Å²) in [5.74, 6) is 0.663. The number of piperazine rings is 1. The highest BCUT2D eigenvalue weighted by atomic mass is 16.3. The van der Waals surface area contributed by atoms with Crippen molar-refractivity contribution >= 4 is 11.6 Å². The summed E-state index contributed by atoms with van der Waals surface area (Å²) in [4.78, 5) is 18.2. The standard InChI is InChI=1S/C16H23N3O2/c20-15-5-2-1-4-14(15)18-11-8-17(9-12-18)10-13-19-7-3-6-16(19)21/h1-2,4-5,20H,3,6-13H2. The number of likely N-dealkylation sites (tertiary alicyclic amines) is 1.